The van der Waals surface area contributed by atoms with Crippen LogP contribution in [0.15, 0.2) is 24.3 Å². The quantitative estimate of drug-likeness (QED) is 0.813. The van der Waals surface area contributed by atoms with Crippen LogP contribution in [0.5, 0.6) is 0 Å². The van der Waals surface area contributed by atoms with Crippen LogP contribution >= 0.6 is 0 Å². The van der Waals surface area contributed by atoms with Crippen LogP contribution in [-0.4, -0.2) is 46.3 Å². The van der Waals surface area contributed by atoms with Gasteiger partial charge in [0.1, 0.15) is 5.82 Å². The van der Waals surface area contributed by atoms with Crippen molar-refractivity contribution in [2.24, 2.45) is 5.73 Å². The average Bonchev–Trinajstić information content (AvgIpc) is 3.13. The van der Waals surface area contributed by atoms with Gasteiger partial charge in [0.2, 0.25) is 5.91 Å². The molecule has 1 aliphatic heterocycles. The Bertz CT molecular complexity index is 801. The minimum absolute atomic E-state index is 0.0397. The maximum Gasteiger partial charge on any atom is 0.221 e. The molecule has 0 spiro atoms. The van der Waals surface area contributed by atoms with E-state index in [0.717, 1.165) is 35.5 Å². The van der Waals surface area contributed by atoms with E-state index in [9.17, 15) is 9.18 Å². The summed E-state index contributed by atoms with van der Waals surface area (Å²) in [5, 5.41) is 7.57. The zero-order valence-electron chi connectivity index (χ0n) is 16.2. The number of likely N-dealkylation sites (N-methyl/N-ethyl adjacent to an activating group) is 1. The number of amides is 1. The molecule has 1 aromatic carbocycles. The Morgan fingerprint density at radius 1 is 1.26 bits per heavy atom. The zero-order valence-corrected chi connectivity index (χ0v) is 16.2. The molecule has 27 heavy (non-hydrogen) atoms. The first-order valence-electron chi connectivity index (χ1n) is 9.40. The second kappa shape index (κ2) is 8.19. The van der Waals surface area contributed by atoms with Gasteiger partial charge in [-0.2, -0.15) is 5.10 Å². The number of rotatable bonds is 6. The first-order valence-corrected chi connectivity index (χ1v) is 9.40. The van der Waals surface area contributed by atoms with Crippen molar-refractivity contribution in [3.63, 3.8) is 0 Å². The van der Waals surface area contributed by atoms with Crippen LogP contribution in [0.25, 0.3) is 5.69 Å². The van der Waals surface area contributed by atoms with Crippen LogP contribution in [0.2, 0.25) is 0 Å². The van der Waals surface area contributed by atoms with Gasteiger partial charge in [0.15, 0.2) is 0 Å². The molecule has 1 aromatic heterocycles. The number of likely N-dealkylation sites (tertiary alicyclic amines) is 1. The molecule has 146 valence electrons. The standard InChI is InChI=1S/C20H28FN5O/c1-13-19(14(2)26(24-13)16-6-4-15(21)5-7-16)12-23-20(27)10-17-8-9-18(11-22)25(17)3/h4-7,17-18H,8-12,22H2,1-3H3,(H,23,27)/t17-,18+/m0/s1. The first kappa shape index (κ1) is 19.5. The van der Waals surface area contributed by atoms with Crippen molar-refractivity contribution in [2.45, 2.75) is 51.7 Å². The van der Waals surface area contributed by atoms with Crippen molar-refractivity contribution < 1.29 is 9.18 Å². The fourth-order valence-electron chi connectivity index (χ4n) is 3.86. The number of nitrogens with one attached hydrogen (secondary N) is 1. The van der Waals surface area contributed by atoms with E-state index in [1.54, 1.807) is 16.8 Å². The van der Waals surface area contributed by atoms with E-state index in [0.29, 0.717) is 25.6 Å². The number of nitrogens with zero attached hydrogens (tertiary/aromatic N) is 3. The minimum atomic E-state index is -0.276. The van der Waals surface area contributed by atoms with Gasteiger partial charge in [-0.3, -0.25) is 9.69 Å². The molecule has 7 heteroatoms. The molecule has 1 saturated heterocycles. The minimum Gasteiger partial charge on any atom is -0.352 e. The summed E-state index contributed by atoms with van der Waals surface area (Å²) in [7, 11) is 2.05. The first-order chi connectivity index (χ1) is 12.9. The van der Waals surface area contributed by atoms with E-state index in [1.807, 2.05) is 20.9 Å². The Morgan fingerprint density at radius 3 is 2.56 bits per heavy atom. The number of carbonyl (C=O) groups excluding carboxylic acids is 1. The van der Waals surface area contributed by atoms with E-state index in [-0.39, 0.29) is 17.8 Å². The summed E-state index contributed by atoms with van der Waals surface area (Å²) < 4.78 is 14.9. The monoisotopic (exact) mass is 373 g/mol. The predicted octanol–water partition coefficient (Wildman–Crippen LogP) is 2.06. The summed E-state index contributed by atoms with van der Waals surface area (Å²) in [6.45, 7) is 4.95. The molecule has 2 atom stereocenters. The van der Waals surface area contributed by atoms with Crippen molar-refractivity contribution >= 4 is 5.91 Å². The number of aromatic nitrogens is 2. The van der Waals surface area contributed by atoms with Gasteiger partial charge in [0.25, 0.3) is 0 Å². The van der Waals surface area contributed by atoms with Crippen LogP contribution in [0.3, 0.4) is 0 Å². The molecule has 0 unspecified atom stereocenters. The van der Waals surface area contributed by atoms with Crippen LogP contribution in [-0.2, 0) is 11.3 Å². The number of aryl methyl sites for hydroxylation is 1. The predicted molar refractivity (Wildman–Crippen MR) is 103 cm³/mol. The van der Waals surface area contributed by atoms with Gasteiger partial charge < -0.3 is 11.1 Å². The van der Waals surface area contributed by atoms with Crippen LogP contribution in [0, 0.1) is 19.7 Å². The summed E-state index contributed by atoms with van der Waals surface area (Å²) in [5.74, 6) is -0.237. The zero-order chi connectivity index (χ0) is 19.6. The molecule has 6 nitrogen and oxygen atoms in total. The highest BCUT2D eigenvalue weighted by Gasteiger charge is 2.30. The lowest BCUT2D eigenvalue weighted by Crippen LogP contribution is -2.39. The number of halogens is 1. The highest BCUT2D eigenvalue weighted by molar-refractivity contribution is 5.76. The van der Waals surface area contributed by atoms with E-state index < -0.39 is 0 Å². The van der Waals surface area contributed by atoms with Crippen LogP contribution < -0.4 is 11.1 Å². The summed E-state index contributed by atoms with van der Waals surface area (Å²) in [5.41, 5.74) is 9.37. The summed E-state index contributed by atoms with van der Waals surface area (Å²) >= 11 is 0. The molecule has 3 rings (SSSR count). The normalized spacial score (nSPS) is 20.2. The maximum atomic E-state index is 13.2. The third-order valence-corrected chi connectivity index (χ3v) is 5.65. The number of hydrogen-bond acceptors (Lipinski definition) is 4. The molecule has 1 aliphatic rings. The molecule has 2 heterocycles. The van der Waals surface area contributed by atoms with E-state index in [1.165, 1.54) is 12.1 Å². The van der Waals surface area contributed by atoms with Gasteiger partial charge in [-0.15, -0.1) is 0 Å². The molecule has 0 aliphatic carbocycles. The molecule has 3 N–H and O–H groups in total. The van der Waals surface area contributed by atoms with Crippen molar-refractivity contribution in [3.8, 4) is 5.69 Å². The van der Waals surface area contributed by atoms with Gasteiger partial charge in [-0.05, 0) is 58.0 Å². The number of nitrogens with two attached hydrogens (primary N) is 1. The number of carbonyl (C=O) groups is 1. The average molecular weight is 373 g/mol. The molecule has 1 fully saturated rings. The smallest absolute Gasteiger partial charge is 0.221 e. The SMILES string of the molecule is Cc1nn(-c2ccc(F)cc2)c(C)c1CNC(=O)C[C@@H]1CC[C@H](CN)N1C. The summed E-state index contributed by atoms with van der Waals surface area (Å²) in [6.07, 6.45) is 2.54. The van der Waals surface area contributed by atoms with Crippen molar-refractivity contribution in [1.82, 2.24) is 20.0 Å². The summed E-state index contributed by atoms with van der Waals surface area (Å²) in [4.78, 5) is 14.6. The fourth-order valence-corrected chi connectivity index (χ4v) is 3.86. The van der Waals surface area contributed by atoms with Crippen molar-refractivity contribution in [3.05, 3.63) is 47.0 Å². The highest BCUT2D eigenvalue weighted by atomic mass is 19.1. The van der Waals surface area contributed by atoms with E-state index >= 15 is 0 Å². The molecule has 2 aromatic rings. The highest BCUT2D eigenvalue weighted by Crippen LogP contribution is 2.24. The fraction of sp³-hybridized carbons (Fsp3) is 0.500. The van der Waals surface area contributed by atoms with Crippen molar-refractivity contribution in [2.75, 3.05) is 13.6 Å². The molecule has 1 amide bonds. The topological polar surface area (TPSA) is 76.2 Å². The van der Waals surface area contributed by atoms with Gasteiger partial charge in [-0.1, -0.05) is 0 Å². The Balaban J connectivity index is 1.63. The molecular formula is C20H28FN5O. The largest absolute Gasteiger partial charge is 0.352 e. The van der Waals surface area contributed by atoms with Gasteiger partial charge in [0, 0.05) is 42.9 Å². The van der Waals surface area contributed by atoms with E-state index in [2.05, 4.69) is 15.3 Å². The molecular weight excluding hydrogens is 345 g/mol. The third-order valence-electron chi connectivity index (χ3n) is 5.65. The Hall–Kier alpha value is -2.25. The van der Waals surface area contributed by atoms with Gasteiger partial charge in [-0.25, -0.2) is 9.07 Å². The third kappa shape index (κ3) is 4.20. The Kier molecular flexibility index (Phi) is 5.92. The summed E-state index contributed by atoms with van der Waals surface area (Å²) in [6, 6.07) is 6.85. The van der Waals surface area contributed by atoms with Crippen LogP contribution in [0.1, 0.15) is 36.2 Å². The second-order valence-electron chi connectivity index (χ2n) is 7.30. The lowest BCUT2D eigenvalue weighted by Gasteiger charge is -2.24. The van der Waals surface area contributed by atoms with E-state index in [4.69, 9.17) is 5.73 Å². The lowest BCUT2D eigenvalue weighted by molar-refractivity contribution is -0.122. The van der Waals surface area contributed by atoms with Gasteiger partial charge >= 0.3 is 0 Å². The Morgan fingerprint density at radius 2 is 1.93 bits per heavy atom. The number of hydrogen-bond donors (Lipinski definition) is 2. The lowest BCUT2D eigenvalue weighted by atomic mass is 10.1. The molecule has 0 radical (unpaired) electrons. The second-order valence-corrected chi connectivity index (χ2v) is 7.30. The maximum absolute atomic E-state index is 13.2. The molecule has 0 bridgehead atoms. The van der Waals surface area contributed by atoms with Crippen molar-refractivity contribution in [1.29, 1.82) is 0 Å². The Labute approximate surface area is 159 Å². The molecule has 0 saturated carbocycles. The van der Waals surface area contributed by atoms with Gasteiger partial charge in [0.05, 0.1) is 11.4 Å². The number of benzene rings is 1. The van der Waals surface area contributed by atoms with Crippen LogP contribution in [0.4, 0.5) is 4.39 Å².